The molecule has 0 fully saturated rings. The molecule has 3 heterocycles. The van der Waals surface area contributed by atoms with Crippen molar-refractivity contribution in [1.29, 1.82) is 0 Å². The number of thiophene rings is 1. The number of rotatable bonds is 4. The Morgan fingerprint density at radius 2 is 2.08 bits per heavy atom. The monoisotopic (exact) mass is 342 g/mol. The maximum Gasteiger partial charge on any atom is 0.279 e. The van der Waals surface area contributed by atoms with Crippen LogP contribution >= 0.6 is 11.3 Å². The number of aromatic nitrogens is 3. The van der Waals surface area contributed by atoms with Crippen molar-refractivity contribution in [1.82, 2.24) is 15.2 Å². The molecule has 24 heavy (non-hydrogen) atoms. The fourth-order valence-electron chi connectivity index (χ4n) is 2.37. The largest absolute Gasteiger partial charge is 0.486 e. The van der Waals surface area contributed by atoms with E-state index in [0.29, 0.717) is 30.5 Å². The third-order valence-corrected chi connectivity index (χ3v) is 4.39. The highest BCUT2D eigenvalue weighted by Crippen LogP contribution is 2.30. The standard InChI is InChI=1S/C16H14N4O3S/c21-15-14(13-6-3-7-24-13)19-20-16(18-15)17-8-10-9-22-11-4-1-2-5-12(11)23-10/h1-7,10H,8-9H2,(H2,17,18,20,21). The Hall–Kier alpha value is -2.87. The smallest absolute Gasteiger partial charge is 0.279 e. The van der Waals surface area contributed by atoms with Crippen LogP contribution in [0.25, 0.3) is 10.6 Å². The van der Waals surface area contributed by atoms with Gasteiger partial charge in [-0.05, 0) is 23.6 Å². The van der Waals surface area contributed by atoms with Crippen LogP contribution in [0.3, 0.4) is 0 Å². The number of para-hydroxylation sites is 2. The molecule has 0 radical (unpaired) electrons. The summed E-state index contributed by atoms with van der Waals surface area (Å²) in [5.41, 5.74) is 0.0443. The molecule has 1 aromatic carbocycles. The van der Waals surface area contributed by atoms with E-state index in [9.17, 15) is 4.79 Å². The zero-order chi connectivity index (χ0) is 16.4. The van der Waals surface area contributed by atoms with Crippen LogP contribution in [0.2, 0.25) is 0 Å². The molecule has 0 bridgehead atoms. The fourth-order valence-corrected chi connectivity index (χ4v) is 3.07. The van der Waals surface area contributed by atoms with Gasteiger partial charge in [-0.15, -0.1) is 21.5 Å². The Morgan fingerprint density at radius 1 is 1.21 bits per heavy atom. The van der Waals surface area contributed by atoms with Gasteiger partial charge in [0.05, 0.1) is 11.4 Å². The predicted octanol–water partition coefficient (Wildman–Crippen LogP) is 2.15. The molecule has 7 nitrogen and oxygen atoms in total. The van der Waals surface area contributed by atoms with Gasteiger partial charge in [0.2, 0.25) is 5.95 Å². The highest BCUT2D eigenvalue weighted by Gasteiger charge is 2.20. The second-order valence-corrected chi connectivity index (χ2v) is 6.15. The molecule has 4 rings (SSSR count). The number of H-pyrrole nitrogens is 1. The van der Waals surface area contributed by atoms with Gasteiger partial charge in [-0.2, -0.15) is 0 Å². The van der Waals surface area contributed by atoms with Crippen LogP contribution in [0.4, 0.5) is 5.95 Å². The predicted molar refractivity (Wildman–Crippen MR) is 90.8 cm³/mol. The van der Waals surface area contributed by atoms with E-state index in [-0.39, 0.29) is 11.7 Å². The Kier molecular flexibility index (Phi) is 3.87. The summed E-state index contributed by atoms with van der Waals surface area (Å²) in [6.07, 6.45) is -0.179. The number of nitrogens with zero attached hydrogens (tertiary/aromatic N) is 2. The number of hydrogen-bond acceptors (Lipinski definition) is 7. The summed E-state index contributed by atoms with van der Waals surface area (Å²) >= 11 is 1.45. The number of nitrogens with one attached hydrogen (secondary N) is 2. The van der Waals surface area contributed by atoms with Crippen LogP contribution in [-0.4, -0.2) is 34.4 Å². The number of fused-ring (bicyclic) bond motifs is 1. The van der Waals surface area contributed by atoms with Crippen LogP contribution in [0.5, 0.6) is 11.5 Å². The quantitative estimate of drug-likeness (QED) is 0.755. The van der Waals surface area contributed by atoms with Crippen molar-refractivity contribution in [2.75, 3.05) is 18.5 Å². The van der Waals surface area contributed by atoms with Crippen LogP contribution in [0, 0.1) is 0 Å². The second-order valence-electron chi connectivity index (χ2n) is 5.21. The lowest BCUT2D eigenvalue weighted by molar-refractivity contribution is 0.0996. The molecule has 3 aromatic rings. The van der Waals surface area contributed by atoms with E-state index in [4.69, 9.17) is 9.47 Å². The molecule has 1 atom stereocenters. The van der Waals surface area contributed by atoms with Gasteiger partial charge < -0.3 is 14.8 Å². The zero-order valence-corrected chi connectivity index (χ0v) is 13.4. The number of aromatic amines is 1. The maximum atomic E-state index is 12.1. The molecule has 122 valence electrons. The summed E-state index contributed by atoms with van der Waals surface area (Å²) in [6.45, 7) is 0.867. The molecule has 0 saturated heterocycles. The van der Waals surface area contributed by atoms with Crippen molar-refractivity contribution in [3.05, 3.63) is 52.1 Å². The molecule has 0 amide bonds. The molecule has 8 heteroatoms. The summed E-state index contributed by atoms with van der Waals surface area (Å²) < 4.78 is 11.5. The van der Waals surface area contributed by atoms with E-state index in [1.807, 2.05) is 41.8 Å². The van der Waals surface area contributed by atoms with Crippen molar-refractivity contribution in [3.63, 3.8) is 0 Å². The molecule has 0 saturated carbocycles. The fraction of sp³-hybridized carbons (Fsp3) is 0.188. The summed E-state index contributed by atoms with van der Waals surface area (Å²) in [6, 6.07) is 11.2. The highest BCUT2D eigenvalue weighted by atomic mass is 32.1. The van der Waals surface area contributed by atoms with Gasteiger partial charge >= 0.3 is 0 Å². The second kappa shape index (κ2) is 6.32. The first-order valence-corrected chi connectivity index (χ1v) is 8.31. The van der Waals surface area contributed by atoms with Gasteiger partial charge in [-0.3, -0.25) is 9.78 Å². The average Bonchev–Trinajstić information content (AvgIpc) is 3.14. The van der Waals surface area contributed by atoms with Gasteiger partial charge in [-0.25, -0.2) is 0 Å². The first kappa shape index (κ1) is 14.7. The molecule has 0 spiro atoms. The van der Waals surface area contributed by atoms with E-state index in [1.54, 1.807) is 0 Å². The molecular weight excluding hydrogens is 328 g/mol. The van der Waals surface area contributed by atoms with Gasteiger partial charge in [-0.1, -0.05) is 18.2 Å². The Morgan fingerprint density at radius 3 is 2.88 bits per heavy atom. The van der Waals surface area contributed by atoms with Gasteiger partial charge in [0, 0.05) is 0 Å². The SMILES string of the molecule is O=c1[nH]c(NCC2COc3ccccc3O2)nnc1-c1cccs1. The number of benzene rings is 1. The Labute approximate surface area is 141 Å². The lowest BCUT2D eigenvalue weighted by atomic mass is 10.2. The van der Waals surface area contributed by atoms with E-state index in [1.165, 1.54) is 11.3 Å². The first-order chi connectivity index (χ1) is 11.8. The van der Waals surface area contributed by atoms with Crippen LogP contribution < -0.4 is 20.3 Å². The Bertz CT molecular complexity index is 894. The lowest BCUT2D eigenvalue weighted by Gasteiger charge is -2.26. The summed E-state index contributed by atoms with van der Waals surface area (Å²) in [7, 11) is 0. The average molecular weight is 342 g/mol. The number of anilines is 1. The molecule has 1 aliphatic heterocycles. The van der Waals surface area contributed by atoms with Crippen molar-refractivity contribution >= 4 is 17.3 Å². The third-order valence-electron chi connectivity index (χ3n) is 3.52. The molecule has 1 aliphatic rings. The third kappa shape index (κ3) is 2.95. The van der Waals surface area contributed by atoms with Crippen LogP contribution in [-0.2, 0) is 0 Å². The van der Waals surface area contributed by atoms with Crippen molar-refractivity contribution < 1.29 is 9.47 Å². The van der Waals surface area contributed by atoms with Crippen molar-refractivity contribution in [2.24, 2.45) is 0 Å². The summed E-state index contributed by atoms with van der Waals surface area (Å²) in [4.78, 5) is 15.6. The molecular formula is C16H14N4O3S. The molecule has 2 aromatic heterocycles. The molecule has 1 unspecified atom stereocenters. The van der Waals surface area contributed by atoms with Gasteiger partial charge in [0.15, 0.2) is 17.2 Å². The van der Waals surface area contributed by atoms with Gasteiger partial charge in [0.25, 0.3) is 5.56 Å². The first-order valence-electron chi connectivity index (χ1n) is 7.43. The van der Waals surface area contributed by atoms with E-state index in [0.717, 1.165) is 10.6 Å². The Balaban J connectivity index is 1.42. The minimum absolute atomic E-state index is 0.179. The molecule has 0 aliphatic carbocycles. The molecule has 2 N–H and O–H groups in total. The van der Waals surface area contributed by atoms with Crippen LogP contribution in [0.15, 0.2) is 46.6 Å². The van der Waals surface area contributed by atoms with Crippen LogP contribution in [0.1, 0.15) is 0 Å². The van der Waals surface area contributed by atoms with Gasteiger partial charge in [0.1, 0.15) is 12.7 Å². The summed E-state index contributed by atoms with van der Waals surface area (Å²) in [5.74, 6) is 1.76. The number of hydrogen-bond donors (Lipinski definition) is 2. The summed E-state index contributed by atoms with van der Waals surface area (Å²) in [5, 5.41) is 12.9. The lowest BCUT2D eigenvalue weighted by Crippen LogP contribution is -2.36. The maximum absolute atomic E-state index is 12.1. The van der Waals surface area contributed by atoms with E-state index in [2.05, 4.69) is 20.5 Å². The van der Waals surface area contributed by atoms with E-state index >= 15 is 0 Å². The topological polar surface area (TPSA) is 89.1 Å². The minimum atomic E-state index is -0.277. The van der Waals surface area contributed by atoms with E-state index < -0.39 is 0 Å². The van der Waals surface area contributed by atoms with Crippen molar-refractivity contribution in [2.45, 2.75) is 6.10 Å². The highest BCUT2D eigenvalue weighted by molar-refractivity contribution is 7.13. The van der Waals surface area contributed by atoms with Crippen molar-refractivity contribution in [3.8, 4) is 22.1 Å². The zero-order valence-electron chi connectivity index (χ0n) is 12.6. The number of ether oxygens (including phenoxy) is 2. The minimum Gasteiger partial charge on any atom is -0.486 e. The normalized spacial score (nSPS) is 15.9.